The summed E-state index contributed by atoms with van der Waals surface area (Å²) in [5.74, 6) is 1.63. The minimum absolute atomic E-state index is 0.418. The third-order valence-corrected chi connectivity index (χ3v) is 3.97. The molecule has 2 N–H and O–H groups in total. The SMILES string of the molecule is N#Cc1c(Cl)cccc1OCC1CCCC1CN. The van der Waals surface area contributed by atoms with Crippen LogP contribution in [0.1, 0.15) is 24.8 Å². The molecule has 1 fully saturated rings. The molecule has 2 unspecified atom stereocenters. The van der Waals surface area contributed by atoms with Gasteiger partial charge in [0.2, 0.25) is 0 Å². The first-order chi connectivity index (χ1) is 8.76. The lowest BCUT2D eigenvalue weighted by molar-refractivity contribution is 0.216. The van der Waals surface area contributed by atoms with E-state index in [-0.39, 0.29) is 0 Å². The quantitative estimate of drug-likeness (QED) is 0.910. The molecule has 1 aromatic carbocycles. The Morgan fingerprint density at radius 3 is 2.89 bits per heavy atom. The number of hydrogen-bond donors (Lipinski definition) is 1. The third-order valence-electron chi connectivity index (χ3n) is 3.66. The molecule has 2 atom stereocenters. The summed E-state index contributed by atoms with van der Waals surface area (Å²) in [6.45, 7) is 1.34. The zero-order valence-electron chi connectivity index (χ0n) is 10.2. The summed E-state index contributed by atoms with van der Waals surface area (Å²) < 4.78 is 5.76. The van der Waals surface area contributed by atoms with Crippen LogP contribution in [0.5, 0.6) is 5.75 Å². The van der Waals surface area contributed by atoms with Crippen molar-refractivity contribution in [1.29, 1.82) is 5.26 Å². The van der Waals surface area contributed by atoms with Crippen molar-refractivity contribution in [3.8, 4) is 11.8 Å². The summed E-state index contributed by atoms with van der Waals surface area (Å²) >= 11 is 5.96. The summed E-state index contributed by atoms with van der Waals surface area (Å²) in [6, 6.07) is 7.37. The second kappa shape index (κ2) is 6.08. The highest BCUT2D eigenvalue weighted by atomic mass is 35.5. The van der Waals surface area contributed by atoms with Crippen molar-refractivity contribution in [1.82, 2.24) is 0 Å². The molecule has 0 amide bonds. The van der Waals surface area contributed by atoms with Crippen molar-refractivity contribution in [2.24, 2.45) is 17.6 Å². The van der Waals surface area contributed by atoms with E-state index in [1.54, 1.807) is 18.2 Å². The van der Waals surface area contributed by atoms with Crippen LogP contribution in [0.3, 0.4) is 0 Å². The number of nitriles is 1. The van der Waals surface area contributed by atoms with Gasteiger partial charge in [-0.2, -0.15) is 5.26 Å². The molecule has 0 aliphatic heterocycles. The molecule has 0 spiro atoms. The van der Waals surface area contributed by atoms with Crippen LogP contribution in [0.15, 0.2) is 18.2 Å². The summed E-state index contributed by atoms with van der Waals surface area (Å²) in [6.07, 6.45) is 3.56. The van der Waals surface area contributed by atoms with Crippen LogP contribution in [0.4, 0.5) is 0 Å². The van der Waals surface area contributed by atoms with Crippen molar-refractivity contribution in [2.45, 2.75) is 19.3 Å². The van der Waals surface area contributed by atoms with Crippen LogP contribution in [0, 0.1) is 23.2 Å². The van der Waals surface area contributed by atoms with E-state index in [0.717, 1.165) is 6.42 Å². The first-order valence-electron chi connectivity index (χ1n) is 6.27. The summed E-state index contributed by atoms with van der Waals surface area (Å²) in [5, 5.41) is 9.50. The van der Waals surface area contributed by atoms with Crippen molar-refractivity contribution in [2.75, 3.05) is 13.2 Å². The molecule has 18 heavy (non-hydrogen) atoms. The Morgan fingerprint density at radius 2 is 2.17 bits per heavy atom. The van der Waals surface area contributed by atoms with E-state index in [9.17, 15) is 0 Å². The van der Waals surface area contributed by atoms with E-state index >= 15 is 0 Å². The fourth-order valence-electron chi connectivity index (χ4n) is 2.57. The van der Waals surface area contributed by atoms with Crippen molar-refractivity contribution >= 4 is 11.6 Å². The lowest BCUT2D eigenvalue weighted by Gasteiger charge is -2.18. The minimum Gasteiger partial charge on any atom is -0.492 e. The van der Waals surface area contributed by atoms with Crippen LogP contribution in [0.2, 0.25) is 5.02 Å². The number of rotatable bonds is 4. The largest absolute Gasteiger partial charge is 0.492 e. The van der Waals surface area contributed by atoms with Gasteiger partial charge in [-0.3, -0.25) is 0 Å². The Labute approximate surface area is 112 Å². The first-order valence-corrected chi connectivity index (χ1v) is 6.65. The topological polar surface area (TPSA) is 59.0 Å². The molecule has 0 heterocycles. The van der Waals surface area contributed by atoms with Gasteiger partial charge in [0, 0.05) is 0 Å². The Bertz CT molecular complexity index is 456. The molecule has 3 nitrogen and oxygen atoms in total. The van der Waals surface area contributed by atoms with E-state index < -0.39 is 0 Å². The lowest BCUT2D eigenvalue weighted by atomic mass is 9.97. The van der Waals surface area contributed by atoms with E-state index in [1.807, 2.05) is 0 Å². The minimum atomic E-state index is 0.418. The van der Waals surface area contributed by atoms with Gasteiger partial charge in [0.1, 0.15) is 17.4 Å². The van der Waals surface area contributed by atoms with Gasteiger partial charge in [-0.25, -0.2) is 0 Å². The maximum Gasteiger partial charge on any atom is 0.138 e. The number of halogens is 1. The molecule has 1 aromatic rings. The molecule has 2 rings (SSSR count). The van der Waals surface area contributed by atoms with Gasteiger partial charge in [0.25, 0.3) is 0 Å². The standard InChI is InChI=1S/C14H17ClN2O/c15-13-5-2-6-14(12(13)8-17)18-9-11-4-1-3-10(11)7-16/h2,5-6,10-11H,1,3-4,7,9,16H2. The van der Waals surface area contributed by atoms with Crippen LogP contribution in [-0.2, 0) is 0 Å². The Kier molecular flexibility index (Phi) is 4.46. The normalized spacial score (nSPS) is 22.7. The van der Waals surface area contributed by atoms with Gasteiger partial charge in [-0.05, 0) is 43.4 Å². The predicted molar refractivity (Wildman–Crippen MR) is 71.5 cm³/mol. The Balaban J connectivity index is 2.02. The fourth-order valence-corrected chi connectivity index (χ4v) is 2.78. The Hall–Kier alpha value is -1.24. The lowest BCUT2D eigenvalue weighted by Crippen LogP contribution is -2.23. The number of ether oxygens (including phenoxy) is 1. The van der Waals surface area contributed by atoms with Crippen LogP contribution >= 0.6 is 11.6 Å². The van der Waals surface area contributed by atoms with Crippen molar-refractivity contribution in [3.63, 3.8) is 0 Å². The fraction of sp³-hybridized carbons (Fsp3) is 0.500. The van der Waals surface area contributed by atoms with Gasteiger partial charge in [-0.1, -0.05) is 24.1 Å². The maximum atomic E-state index is 9.05. The molecule has 0 radical (unpaired) electrons. The molecule has 1 aliphatic carbocycles. The summed E-state index contributed by atoms with van der Waals surface area (Å²) in [5.41, 5.74) is 6.16. The highest BCUT2D eigenvalue weighted by Crippen LogP contribution is 2.32. The number of nitrogens with zero attached hydrogens (tertiary/aromatic N) is 1. The van der Waals surface area contributed by atoms with Crippen LogP contribution in [-0.4, -0.2) is 13.2 Å². The average Bonchev–Trinajstić information content (AvgIpc) is 2.83. The second-order valence-corrected chi connectivity index (χ2v) is 5.13. The molecule has 0 aromatic heterocycles. The van der Waals surface area contributed by atoms with Crippen LogP contribution in [0.25, 0.3) is 0 Å². The third kappa shape index (κ3) is 2.77. The molecule has 96 valence electrons. The monoisotopic (exact) mass is 264 g/mol. The van der Waals surface area contributed by atoms with E-state index in [0.29, 0.717) is 41.3 Å². The van der Waals surface area contributed by atoms with Crippen molar-refractivity contribution < 1.29 is 4.74 Å². The predicted octanol–water partition coefficient (Wildman–Crippen LogP) is 2.97. The van der Waals surface area contributed by atoms with Gasteiger partial charge in [0.15, 0.2) is 0 Å². The van der Waals surface area contributed by atoms with Gasteiger partial charge < -0.3 is 10.5 Å². The number of hydrogen-bond acceptors (Lipinski definition) is 3. The zero-order chi connectivity index (χ0) is 13.0. The van der Waals surface area contributed by atoms with Crippen LogP contribution < -0.4 is 10.5 Å². The van der Waals surface area contributed by atoms with Gasteiger partial charge in [0.05, 0.1) is 11.6 Å². The first kappa shape index (κ1) is 13.2. The molecule has 0 bridgehead atoms. The van der Waals surface area contributed by atoms with Gasteiger partial charge in [-0.15, -0.1) is 0 Å². The second-order valence-electron chi connectivity index (χ2n) is 4.72. The molecule has 4 heteroatoms. The summed E-state index contributed by atoms with van der Waals surface area (Å²) in [4.78, 5) is 0. The average molecular weight is 265 g/mol. The smallest absolute Gasteiger partial charge is 0.138 e. The molecule has 0 saturated heterocycles. The molecular weight excluding hydrogens is 248 g/mol. The van der Waals surface area contributed by atoms with E-state index in [2.05, 4.69) is 6.07 Å². The van der Waals surface area contributed by atoms with Gasteiger partial charge >= 0.3 is 0 Å². The highest BCUT2D eigenvalue weighted by molar-refractivity contribution is 6.31. The van der Waals surface area contributed by atoms with E-state index in [1.165, 1.54) is 12.8 Å². The highest BCUT2D eigenvalue weighted by Gasteiger charge is 2.26. The van der Waals surface area contributed by atoms with E-state index in [4.69, 9.17) is 27.3 Å². The van der Waals surface area contributed by atoms with Crippen molar-refractivity contribution in [3.05, 3.63) is 28.8 Å². The number of benzene rings is 1. The maximum absolute atomic E-state index is 9.05. The zero-order valence-corrected chi connectivity index (χ0v) is 11.0. The number of nitrogens with two attached hydrogens (primary N) is 1. The molecule has 1 saturated carbocycles. The molecular formula is C14H17ClN2O. The summed E-state index contributed by atoms with van der Waals surface area (Å²) in [7, 11) is 0. The molecule has 1 aliphatic rings. The Morgan fingerprint density at radius 1 is 1.39 bits per heavy atom.